The zero-order chi connectivity index (χ0) is 17.0. The van der Waals surface area contributed by atoms with Gasteiger partial charge in [0.05, 0.1) is 33.4 Å². The summed E-state index contributed by atoms with van der Waals surface area (Å²) in [4.78, 5) is 14.3. The number of carbonyl (C=O) groups excluding carboxylic acids is 1. The molecule has 124 valence electrons. The average molecular weight is 319 g/mol. The molecule has 6 heteroatoms. The van der Waals surface area contributed by atoms with Crippen molar-refractivity contribution in [1.82, 2.24) is 4.90 Å². The third-order valence-electron chi connectivity index (χ3n) is 3.47. The van der Waals surface area contributed by atoms with Crippen LogP contribution < -0.4 is 14.2 Å². The number of methoxy groups -OCH3 is 3. The summed E-state index contributed by atoms with van der Waals surface area (Å²) >= 11 is 0. The number of furan rings is 1. The zero-order valence-corrected chi connectivity index (χ0v) is 14.0. The van der Waals surface area contributed by atoms with Gasteiger partial charge in [0, 0.05) is 7.05 Å². The summed E-state index contributed by atoms with van der Waals surface area (Å²) in [7, 11) is 6.23. The third kappa shape index (κ3) is 3.41. The van der Waals surface area contributed by atoms with E-state index in [0.717, 1.165) is 11.5 Å². The van der Waals surface area contributed by atoms with Crippen molar-refractivity contribution in [3.8, 4) is 17.2 Å². The molecule has 0 radical (unpaired) electrons. The van der Waals surface area contributed by atoms with Gasteiger partial charge < -0.3 is 23.5 Å². The molecule has 1 aromatic carbocycles. The lowest BCUT2D eigenvalue weighted by Crippen LogP contribution is -2.26. The van der Waals surface area contributed by atoms with Gasteiger partial charge in [0.15, 0.2) is 11.5 Å². The molecule has 2 aromatic rings. The number of nitrogens with zero attached hydrogens (tertiary/aromatic N) is 1. The number of hydrogen-bond donors (Lipinski definition) is 0. The first kappa shape index (κ1) is 16.7. The second kappa shape index (κ2) is 7.09. The first-order valence-corrected chi connectivity index (χ1v) is 7.11. The second-order valence-electron chi connectivity index (χ2n) is 5.06. The highest BCUT2D eigenvalue weighted by atomic mass is 16.5. The third-order valence-corrected chi connectivity index (χ3v) is 3.47. The van der Waals surface area contributed by atoms with Crippen LogP contribution in [0.3, 0.4) is 0 Å². The van der Waals surface area contributed by atoms with Crippen LogP contribution in [0, 0.1) is 6.92 Å². The van der Waals surface area contributed by atoms with E-state index in [1.807, 2.05) is 19.1 Å². The average Bonchev–Trinajstić information content (AvgIpc) is 2.97. The molecule has 1 heterocycles. The number of benzene rings is 1. The molecule has 0 saturated heterocycles. The van der Waals surface area contributed by atoms with Crippen LogP contribution in [0.2, 0.25) is 0 Å². The molecule has 0 spiro atoms. The molecule has 1 aromatic heterocycles. The van der Waals surface area contributed by atoms with E-state index in [9.17, 15) is 4.79 Å². The molecule has 0 unspecified atom stereocenters. The topological polar surface area (TPSA) is 61.1 Å². The quantitative estimate of drug-likeness (QED) is 0.819. The number of aryl methyl sites for hydroxylation is 1. The van der Waals surface area contributed by atoms with Crippen LogP contribution in [0.25, 0.3) is 0 Å². The summed E-state index contributed by atoms with van der Waals surface area (Å²) < 4.78 is 21.4. The highest BCUT2D eigenvalue weighted by molar-refractivity contribution is 5.98. The molecule has 0 bridgehead atoms. The van der Waals surface area contributed by atoms with Gasteiger partial charge in [-0.3, -0.25) is 4.79 Å². The van der Waals surface area contributed by atoms with Crippen LogP contribution in [0.4, 0.5) is 0 Å². The molecule has 1 amide bonds. The van der Waals surface area contributed by atoms with E-state index < -0.39 is 0 Å². The van der Waals surface area contributed by atoms with Crippen molar-refractivity contribution in [2.24, 2.45) is 0 Å². The molecule has 23 heavy (non-hydrogen) atoms. The molecule has 0 aliphatic heterocycles. The summed E-state index contributed by atoms with van der Waals surface area (Å²) in [6.45, 7) is 2.23. The van der Waals surface area contributed by atoms with Gasteiger partial charge in [-0.25, -0.2) is 0 Å². The fourth-order valence-corrected chi connectivity index (χ4v) is 2.35. The Morgan fingerprint density at radius 2 is 1.74 bits per heavy atom. The number of hydrogen-bond acceptors (Lipinski definition) is 5. The summed E-state index contributed by atoms with van der Waals surface area (Å²) in [5.41, 5.74) is 0.399. The van der Waals surface area contributed by atoms with Crippen molar-refractivity contribution in [2.45, 2.75) is 13.5 Å². The Bertz CT molecular complexity index is 692. The van der Waals surface area contributed by atoms with Gasteiger partial charge in [0.25, 0.3) is 5.91 Å². The molecule has 0 fully saturated rings. The summed E-state index contributed by atoms with van der Waals surface area (Å²) in [5.74, 6) is 2.58. The highest BCUT2D eigenvalue weighted by Gasteiger charge is 2.23. The standard InChI is InChI=1S/C17H21NO5/c1-11-6-7-12(23-11)10-18(2)17(19)13-8-9-14(20-3)16(22-5)15(13)21-4/h6-9H,10H2,1-5H3. The number of carbonyl (C=O) groups is 1. The minimum absolute atomic E-state index is 0.197. The SMILES string of the molecule is COc1ccc(C(=O)N(C)Cc2ccc(C)o2)c(OC)c1OC. The molecule has 6 nitrogen and oxygen atoms in total. The lowest BCUT2D eigenvalue weighted by atomic mass is 10.1. The maximum Gasteiger partial charge on any atom is 0.257 e. The molecule has 2 rings (SSSR count). The van der Waals surface area contributed by atoms with Crippen LogP contribution in [-0.2, 0) is 6.54 Å². The molecule has 0 atom stereocenters. The van der Waals surface area contributed by atoms with Crippen molar-refractivity contribution in [2.75, 3.05) is 28.4 Å². The van der Waals surface area contributed by atoms with Crippen molar-refractivity contribution in [3.05, 3.63) is 41.3 Å². The molecular weight excluding hydrogens is 298 g/mol. The molecule has 0 saturated carbocycles. The first-order chi connectivity index (χ1) is 11.0. The van der Waals surface area contributed by atoms with E-state index in [-0.39, 0.29) is 5.91 Å². The van der Waals surface area contributed by atoms with Gasteiger partial charge in [-0.2, -0.15) is 0 Å². The van der Waals surface area contributed by atoms with Crippen LogP contribution in [0.1, 0.15) is 21.9 Å². The highest BCUT2D eigenvalue weighted by Crippen LogP contribution is 2.40. The van der Waals surface area contributed by atoms with E-state index >= 15 is 0 Å². The van der Waals surface area contributed by atoms with Crippen molar-refractivity contribution < 1.29 is 23.4 Å². The Labute approximate surface area is 135 Å². The van der Waals surface area contributed by atoms with Crippen molar-refractivity contribution in [3.63, 3.8) is 0 Å². The van der Waals surface area contributed by atoms with E-state index in [1.165, 1.54) is 21.3 Å². The fourth-order valence-electron chi connectivity index (χ4n) is 2.35. The van der Waals surface area contributed by atoms with Crippen molar-refractivity contribution >= 4 is 5.91 Å². The van der Waals surface area contributed by atoms with Crippen LogP contribution >= 0.6 is 0 Å². The summed E-state index contributed by atoms with van der Waals surface area (Å²) in [5, 5.41) is 0. The van der Waals surface area contributed by atoms with Gasteiger partial charge >= 0.3 is 0 Å². The predicted molar refractivity (Wildman–Crippen MR) is 85.3 cm³/mol. The number of rotatable bonds is 6. The normalized spacial score (nSPS) is 10.3. The zero-order valence-electron chi connectivity index (χ0n) is 14.0. The van der Waals surface area contributed by atoms with Crippen LogP contribution in [0.15, 0.2) is 28.7 Å². The van der Waals surface area contributed by atoms with Gasteiger partial charge in [0.2, 0.25) is 5.75 Å². The molecular formula is C17H21NO5. The minimum atomic E-state index is -0.197. The molecule has 0 aliphatic carbocycles. The number of amides is 1. The van der Waals surface area contributed by atoms with Crippen LogP contribution in [-0.4, -0.2) is 39.2 Å². The monoisotopic (exact) mass is 319 g/mol. The minimum Gasteiger partial charge on any atom is -0.493 e. The Morgan fingerprint density at radius 1 is 1.04 bits per heavy atom. The van der Waals surface area contributed by atoms with E-state index in [4.69, 9.17) is 18.6 Å². The van der Waals surface area contributed by atoms with Crippen molar-refractivity contribution in [1.29, 1.82) is 0 Å². The second-order valence-corrected chi connectivity index (χ2v) is 5.06. The maximum atomic E-state index is 12.7. The van der Waals surface area contributed by atoms with Gasteiger partial charge in [-0.05, 0) is 31.2 Å². The fraction of sp³-hybridized carbons (Fsp3) is 0.353. The Morgan fingerprint density at radius 3 is 2.26 bits per heavy atom. The van der Waals surface area contributed by atoms with E-state index in [1.54, 1.807) is 24.1 Å². The van der Waals surface area contributed by atoms with Gasteiger partial charge in [0.1, 0.15) is 11.5 Å². The maximum absolute atomic E-state index is 12.7. The molecule has 0 aliphatic rings. The Kier molecular flexibility index (Phi) is 5.16. The van der Waals surface area contributed by atoms with E-state index in [2.05, 4.69) is 0 Å². The summed E-state index contributed by atoms with van der Waals surface area (Å²) in [6.07, 6.45) is 0. The largest absolute Gasteiger partial charge is 0.493 e. The van der Waals surface area contributed by atoms with E-state index in [0.29, 0.717) is 29.4 Å². The van der Waals surface area contributed by atoms with Gasteiger partial charge in [-0.1, -0.05) is 0 Å². The number of ether oxygens (including phenoxy) is 3. The first-order valence-electron chi connectivity index (χ1n) is 7.11. The lowest BCUT2D eigenvalue weighted by Gasteiger charge is -2.20. The molecule has 0 N–H and O–H groups in total. The summed E-state index contributed by atoms with van der Waals surface area (Å²) in [6, 6.07) is 7.06. The lowest BCUT2D eigenvalue weighted by molar-refractivity contribution is 0.0771. The van der Waals surface area contributed by atoms with Crippen LogP contribution in [0.5, 0.6) is 17.2 Å². The Hall–Kier alpha value is -2.63. The smallest absolute Gasteiger partial charge is 0.257 e. The van der Waals surface area contributed by atoms with Gasteiger partial charge in [-0.15, -0.1) is 0 Å². The Balaban J connectivity index is 2.31. The predicted octanol–water partition coefficient (Wildman–Crippen LogP) is 2.89.